The molecule has 0 aliphatic carbocycles. The zero-order chi connectivity index (χ0) is 15.5. The van der Waals surface area contributed by atoms with Crippen LogP contribution in [0.1, 0.15) is 20.1 Å². The summed E-state index contributed by atoms with van der Waals surface area (Å²) in [6, 6.07) is 11.7. The fourth-order valence-corrected chi connectivity index (χ4v) is 3.49. The number of aromatic nitrogens is 2. The van der Waals surface area contributed by atoms with Crippen molar-refractivity contribution in [3.05, 3.63) is 51.7 Å². The summed E-state index contributed by atoms with van der Waals surface area (Å²) >= 11 is 2.77. The van der Waals surface area contributed by atoms with Crippen LogP contribution in [0.3, 0.4) is 0 Å². The molecule has 3 rings (SSSR count). The third kappa shape index (κ3) is 3.45. The van der Waals surface area contributed by atoms with Gasteiger partial charge in [-0.15, -0.1) is 21.5 Å². The van der Waals surface area contributed by atoms with E-state index in [0.717, 1.165) is 20.9 Å². The van der Waals surface area contributed by atoms with E-state index in [1.165, 1.54) is 23.1 Å². The van der Waals surface area contributed by atoms with Gasteiger partial charge in [0.2, 0.25) is 5.89 Å². The van der Waals surface area contributed by atoms with Crippen LogP contribution in [0.15, 0.2) is 46.0 Å². The number of hydrogen-bond acceptors (Lipinski definition) is 6. The number of ketones is 1. The lowest BCUT2D eigenvalue weighted by Gasteiger charge is -1.96. The Morgan fingerprint density at radius 2 is 2.09 bits per heavy atom. The predicted molar refractivity (Wildman–Crippen MR) is 88.6 cm³/mol. The lowest BCUT2D eigenvalue weighted by molar-refractivity contribution is 0.102. The third-order valence-electron chi connectivity index (χ3n) is 3.01. The molecule has 3 aromatic rings. The Labute approximate surface area is 136 Å². The molecule has 0 atom stereocenters. The Morgan fingerprint density at radius 3 is 2.82 bits per heavy atom. The summed E-state index contributed by atoms with van der Waals surface area (Å²) in [6.45, 7) is 4.00. The molecule has 1 aromatic carbocycles. The molecule has 4 nitrogen and oxygen atoms in total. The van der Waals surface area contributed by atoms with Gasteiger partial charge in [-0.3, -0.25) is 4.79 Å². The second kappa shape index (κ2) is 6.46. The standard InChI is InChI=1S/C16H14N2O2S2/c1-10-4-3-5-12(8-10)15-17-18-16(20-15)21-9-13(19)14-7-6-11(2)22-14/h3-8H,9H2,1-2H3. The van der Waals surface area contributed by atoms with Crippen molar-refractivity contribution in [2.45, 2.75) is 19.1 Å². The number of carbonyl (C=O) groups is 1. The van der Waals surface area contributed by atoms with Crippen LogP contribution in [0, 0.1) is 13.8 Å². The van der Waals surface area contributed by atoms with Crippen LogP contribution in [0.2, 0.25) is 0 Å². The topological polar surface area (TPSA) is 56.0 Å². The van der Waals surface area contributed by atoms with Gasteiger partial charge in [0.15, 0.2) is 5.78 Å². The molecule has 0 radical (unpaired) electrons. The first-order valence-corrected chi connectivity index (χ1v) is 8.55. The van der Waals surface area contributed by atoms with Crippen LogP contribution < -0.4 is 0 Å². The minimum atomic E-state index is 0.0819. The molecule has 0 bridgehead atoms. The fraction of sp³-hybridized carbons (Fsp3) is 0.188. The molecular formula is C16H14N2O2S2. The number of hydrogen-bond donors (Lipinski definition) is 0. The average Bonchev–Trinajstić information content (AvgIpc) is 3.14. The lowest BCUT2D eigenvalue weighted by Crippen LogP contribution is -1.99. The molecule has 6 heteroatoms. The van der Waals surface area contributed by atoms with E-state index in [2.05, 4.69) is 10.2 Å². The van der Waals surface area contributed by atoms with Gasteiger partial charge < -0.3 is 4.42 Å². The minimum Gasteiger partial charge on any atom is -0.411 e. The minimum absolute atomic E-state index is 0.0819. The Morgan fingerprint density at radius 1 is 1.23 bits per heavy atom. The van der Waals surface area contributed by atoms with E-state index in [0.29, 0.717) is 16.9 Å². The van der Waals surface area contributed by atoms with E-state index in [-0.39, 0.29) is 5.78 Å². The van der Waals surface area contributed by atoms with Gasteiger partial charge in [0.05, 0.1) is 10.6 Å². The molecule has 0 aliphatic heterocycles. The molecule has 0 spiro atoms. The Kier molecular flexibility index (Phi) is 4.40. The van der Waals surface area contributed by atoms with Crippen LogP contribution in [0.5, 0.6) is 0 Å². The van der Waals surface area contributed by atoms with Gasteiger partial charge in [-0.25, -0.2) is 0 Å². The Bertz CT molecular complexity index is 808. The van der Waals surface area contributed by atoms with Crippen molar-refractivity contribution in [1.82, 2.24) is 10.2 Å². The number of nitrogens with zero attached hydrogens (tertiary/aromatic N) is 2. The van der Waals surface area contributed by atoms with Crippen molar-refractivity contribution in [3.8, 4) is 11.5 Å². The van der Waals surface area contributed by atoms with Crippen molar-refractivity contribution in [2.75, 3.05) is 5.75 Å². The third-order valence-corrected chi connectivity index (χ3v) is 4.87. The van der Waals surface area contributed by atoms with Crippen molar-refractivity contribution < 1.29 is 9.21 Å². The highest BCUT2D eigenvalue weighted by Gasteiger charge is 2.13. The van der Waals surface area contributed by atoms with Crippen LogP contribution in [-0.4, -0.2) is 21.7 Å². The number of thioether (sulfide) groups is 1. The first-order chi connectivity index (χ1) is 10.6. The number of rotatable bonds is 5. The molecule has 0 aliphatic rings. The monoisotopic (exact) mass is 330 g/mol. The first-order valence-electron chi connectivity index (χ1n) is 6.75. The normalized spacial score (nSPS) is 10.8. The van der Waals surface area contributed by atoms with Gasteiger partial charge in [-0.2, -0.15) is 0 Å². The van der Waals surface area contributed by atoms with E-state index in [1.54, 1.807) is 0 Å². The van der Waals surface area contributed by atoms with Gasteiger partial charge in [0, 0.05) is 10.4 Å². The average molecular weight is 330 g/mol. The molecule has 0 saturated carbocycles. The predicted octanol–water partition coefficient (Wildman–Crippen LogP) is 4.39. The molecule has 0 amide bonds. The van der Waals surface area contributed by atoms with E-state index in [4.69, 9.17) is 4.42 Å². The first kappa shape index (κ1) is 15.0. The number of thiophene rings is 1. The maximum Gasteiger partial charge on any atom is 0.277 e. The number of aryl methyl sites for hydroxylation is 2. The van der Waals surface area contributed by atoms with Gasteiger partial charge in [-0.1, -0.05) is 29.5 Å². The van der Waals surface area contributed by atoms with Gasteiger partial charge in [0.1, 0.15) is 0 Å². The molecule has 22 heavy (non-hydrogen) atoms. The van der Waals surface area contributed by atoms with Crippen LogP contribution in [-0.2, 0) is 0 Å². The van der Waals surface area contributed by atoms with Crippen molar-refractivity contribution in [3.63, 3.8) is 0 Å². The molecular weight excluding hydrogens is 316 g/mol. The Balaban J connectivity index is 1.66. The van der Waals surface area contributed by atoms with Crippen molar-refractivity contribution in [1.29, 1.82) is 0 Å². The highest BCUT2D eigenvalue weighted by molar-refractivity contribution is 7.99. The highest BCUT2D eigenvalue weighted by Crippen LogP contribution is 2.25. The number of carbonyl (C=O) groups excluding carboxylic acids is 1. The Hall–Kier alpha value is -1.92. The smallest absolute Gasteiger partial charge is 0.277 e. The summed E-state index contributed by atoms with van der Waals surface area (Å²) in [7, 11) is 0. The SMILES string of the molecule is Cc1cccc(-c2nnc(SCC(=O)c3ccc(C)s3)o2)c1. The highest BCUT2D eigenvalue weighted by atomic mass is 32.2. The van der Waals surface area contributed by atoms with Crippen LogP contribution in [0.4, 0.5) is 0 Å². The summed E-state index contributed by atoms with van der Waals surface area (Å²) in [4.78, 5) is 14.0. The summed E-state index contributed by atoms with van der Waals surface area (Å²) in [5, 5.41) is 8.44. The van der Waals surface area contributed by atoms with Crippen LogP contribution in [0.25, 0.3) is 11.5 Å². The van der Waals surface area contributed by atoms with Crippen molar-refractivity contribution in [2.24, 2.45) is 0 Å². The summed E-state index contributed by atoms with van der Waals surface area (Å²) in [5.41, 5.74) is 2.02. The second-order valence-electron chi connectivity index (χ2n) is 4.86. The maximum atomic E-state index is 12.1. The van der Waals surface area contributed by atoms with Crippen LogP contribution >= 0.6 is 23.1 Å². The molecule has 0 saturated heterocycles. The molecule has 2 heterocycles. The van der Waals surface area contributed by atoms with E-state index in [1.807, 2.05) is 50.2 Å². The van der Waals surface area contributed by atoms with E-state index < -0.39 is 0 Å². The fourth-order valence-electron chi connectivity index (χ4n) is 1.95. The van der Waals surface area contributed by atoms with E-state index >= 15 is 0 Å². The number of Topliss-reactive ketones (excluding diaryl/α,β-unsaturated/α-hetero) is 1. The summed E-state index contributed by atoms with van der Waals surface area (Å²) < 4.78 is 5.61. The van der Waals surface area contributed by atoms with Crippen molar-refractivity contribution >= 4 is 28.9 Å². The second-order valence-corrected chi connectivity index (χ2v) is 7.08. The largest absolute Gasteiger partial charge is 0.411 e. The van der Waals surface area contributed by atoms with Gasteiger partial charge in [-0.05, 0) is 38.1 Å². The maximum absolute atomic E-state index is 12.1. The van der Waals surface area contributed by atoms with E-state index in [9.17, 15) is 4.79 Å². The number of benzene rings is 1. The molecule has 2 aromatic heterocycles. The summed E-state index contributed by atoms with van der Waals surface area (Å²) in [6.07, 6.45) is 0. The van der Waals surface area contributed by atoms with Gasteiger partial charge in [0.25, 0.3) is 5.22 Å². The lowest BCUT2D eigenvalue weighted by atomic mass is 10.1. The molecule has 0 unspecified atom stereocenters. The quantitative estimate of drug-likeness (QED) is 0.513. The molecule has 0 fully saturated rings. The zero-order valence-corrected chi connectivity index (χ0v) is 13.8. The molecule has 112 valence electrons. The zero-order valence-electron chi connectivity index (χ0n) is 12.2. The van der Waals surface area contributed by atoms with Gasteiger partial charge >= 0.3 is 0 Å². The molecule has 0 N–H and O–H groups in total. The summed E-state index contributed by atoms with van der Waals surface area (Å²) in [5.74, 6) is 0.860.